The minimum absolute atomic E-state index is 0.156. The summed E-state index contributed by atoms with van der Waals surface area (Å²) >= 11 is 0. The van der Waals surface area contributed by atoms with Crippen LogP contribution in [0, 0.1) is 0 Å². The molecule has 20 heavy (non-hydrogen) atoms. The number of nitrogens with one attached hydrogen (secondary N) is 1. The first-order valence-electron chi connectivity index (χ1n) is 6.91. The Balaban J connectivity index is 2.19. The molecule has 2 aliphatic heterocycles. The third-order valence-corrected chi connectivity index (χ3v) is 5.20. The predicted molar refractivity (Wildman–Crippen MR) is 73.4 cm³/mol. The van der Waals surface area contributed by atoms with Crippen LogP contribution >= 0.6 is 0 Å². The van der Waals surface area contributed by atoms with Gasteiger partial charge in [0.05, 0.1) is 6.26 Å². The van der Waals surface area contributed by atoms with E-state index in [4.69, 9.17) is 0 Å². The second-order valence-corrected chi connectivity index (χ2v) is 7.21. The van der Waals surface area contributed by atoms with Gasteiger partial charge in [-0.2, -0.15) is 4.31 Å². The molecule has 0 radical (unpaired) electrons. The summed E-state index contributed by atoms with van der Waals surface area (Å²) in [7, 11) is -3.39. The summed E-state index contributed by atoms with van der Waals surface area (Å²) in [6.07, 6.45) is 2.86. The average Bonchev–Trinajstić information content (AvgIpc) is 2.86. The quantitative estimate of drug-likeness (QED) is 0.735. The molecule has 2 heterocycles. The Kier molecular flexibility index (Phi) is 4.33. The lowest BCUT2D eigenvalue weighted by molar-refractivity contribution is -0.145. The molecule has 1 N–H and O–H groups in total. The maximum absolute atomic E-state index is 12.6. The fourth-order valence-corrected chi connectivity index (χ4v) is 4.08. The summed E-state index contributed by atoms with van der Waals surface area (Å²) < 4.78 is 24.7. The second kappa shape index (κ2) is 5.69. The molecule has 0 saturated carbocycles. The fraction of sp³-hybridized carbons (Fsp3) is 0.833. The summed E-state index contributed by atoms with van der Waals surface area (Å²) in [5, 5.41) is 2.74. The number of carbonyl (C=O) groups excluding carboxylic acids is 2. The van der Waals surface area contributed by atoms with Gasteiger partial charge in [-0.3, -0.25) is 9.59 Å². The number of amides is 2. The maximum atomic E-state index is 12.6. The second-order valence-electron chi connectivity index (χ2n) is 5.28. The van der Waals surface area contributed by atoms with Crippen molar-refractivity contribution >= 4 is 21.8 Å². The standard InChI is InChI=1S/C12H21N3O4S/c1-3-9-11(16)13-6-8-14(9)12(17)10-5-4-7-15(10)20(2,18)19/h9-10H,3-8H2,1-2H3,(H,13,16). The first kappa shape index (κ1) is 15.2. The van der Waals surface area contributed by atoms with E-state index in [0.717, 1.165) is 6.26 Å². The molecule has 0 aliphatic carbocycles. The molecule has 7 nitrogen and oxygen atoms in total. The molecule has 8 heteroatoms. The molecule has 0 spiro atoms. The number of sulfonamides is 1. The Labute approximate surface area is 119 Å². The van der Waals surface area contributed by atoms with Crippen LogP contribution in [0.3, 0.4) is 0 Å². The van der Waals surface area contributed by atoms with Crippen molar-refractivity contribution in [3.63, 3.8) is 0 Å². The van der Waals surface area contributed by atoms with Crippen LogP contribution in [0.4, 0.5) is 0 Å². The molecule has 0 bridgehead atoms. The van der Waals surface area contributed by atoms with E-state index in [1.54, 1.807) is 0 Å². The highest BCUT2D eigenvalue weighted by Gasteiger charge is 2.42. The van der Waals surface area contributed by atoms with Crippen LogP contribution in [0.15, 0.2) is 0 Å². The Hall–Kier alpha value is -1.15. The minimum Gasteiger partial charge on any atom is -0.353 e. The van der Waals surface area contributed by atoms with Gasteiger partial charge >= 0.3 is 0 Å². The van der Waals surface area contributed by atoms with Gasteiger partial charge in [0.2, 0.25) is 21.8 Å². The Morgan fingerprint density at radius 3 is 2.70 bits per heavy atom. The lowest BCUT2D eigenvalue weighted by atomic mass is 10.1. The van der Waals surface area contributed by atoms with Crippen molar-refractivity contribution in [2.45, 2.75) is 38.3 Å². The molecular formula is C12H21N3O4S. The minimum atomic E-state index is -3.39. The number of rotatable bonds is 3. The lowest BCUT2D eigenvalue weighted by Gasteiger charge is -2.37. The predicted octanol–water partition coefficient (Wildman–Crippen LogP) is -0.853. The molecule has 0 aromatic rings. The van der Waals surface area contributed by atoms with Gasteiger partial charge in [0, 0.05) is 19.6 Å². The maximum Gasteiger partial charge on any atom is 0.242 e. The van der Waals surface area contributed by atoms with Gasteiger partial charge < -0.3 is 10.2 Å². The van der Waals surface area contributed by atoms with E-state index < -0.39 is 22.1 Å². The highest BCUT2D eigenvalue weighted by Crippen LogP contribution is 2.24. The van der Waals surface area contributed by atoms with Crippen LogP contribution in [0.1, 0.15) is 26.2 Å². The van der Waals surface area contributed by atoms with E-state index in [1.807, 2.05) is 6.92 Å². The van der Waals surface area contributed by atoms with E-state index >= 15 is 0 Å². The zero-order valence-electron chi connectivity index (χ0n) is 11.8. The lowest BCUT2D eigenvalue weighted by Crippen LogP contribution is -2.60. The van der Waals surface area contributed by atoms with Gasteiger partial charge in [-0.25, -0.2) is 8.42 Å². The molecule has 114 valence electrons. The molecule has 2 aliphatic rings. The molecule has 2 fully saturated rings. The van der Waals surface area contributed by atoms with Crippen molar-refractivity contribution in [2.24, 2.45) is 0 Å². The molecule has 0 aromatic carbocycles. The average molecular weight is 303 g/mol. The summed E-state index contributed by atoms with van der Waals surface area (Å²) in [6.45, 7) is 3.09. The molecule has 2 amide bonds. The van der Waals surface area contributed by atoms with Gasteiger partial charge in [0.25, 0.3) is 0 Å². The smallest absolute Gasteiger partial charge is 0.242 e. The van der Waals surface area contributed by atoms with Crippen LogP contribution in [0.5, 0.6) is 0 Å². The normalized spacial score (nSPS) is 28.5. The molecule has 2 atom stereocenters. The van der Waals surface area contributed by atoms with Crippen molar-refractivity contribution < 1.29 is 18.0 Å². The monoisotopic (exact) mass is 303 g/mol. The van der Waals surface area contributed by atoms with Crippen LogP contribution in [-0.4, -0.2) is 67.4 Å². The Morgan fingerprint density at radius 1 is 1.40 bits per heavy atom. The Morgan fingerprint density at radius 2 is 2.10 bits per heavy atom. The molecule has 0 aromatic heterocycles. The van der Waals surface area contributed by atoms with E-state index in [0.29, 0.717) is 38.9 Å². The number of hydrogen-bond acceptors (Lipinski definition) is 4. The van der Waals surface area contributed by atoms with Crippen molar-refractivity contribution in [1.82, 2.24) is 14.5 Å². The van der Waals surface area contributed by atoms with E-state index in [9.17, 15) is 18.0 Å². The van der Waals surface area contributed by atoms with Gasteiger partial charge in [-0.15, -0.1) is 0 Å². The topological polar surface area (TPSA) is 86.8 Å². The van der Waals surface area contributed by atoms with Crippen LogP contribution in [-0.2, 0) is 19.6 Å². The molecule has 2 saturated heterocycles. The molecule has 2 unspecified atom stereocenters. The first-order chi connectivity index (χ1) is 9.36. The van der Waals surface area contributed by atoms with Crippen molar-refractivity contribution in [1.29, 1.82) is 0 Å². The van der Waals surface area contributed by atoms with Crippen molar-refractivity contribution in [3.05, 3.63) is 0 Å². The van der Waals surface area contributed by atoms with Crippen LogP contribution in [0.2, 0.25) is 0 Å². The van der Waals surface area contributed by atoms with Gasteiger partial charge in [-0.1, -0.05) is 6.92 Å². The van der Waals surface area contributed by atoms with Crippen LogP contribution in [0.25, 0.3) is 0 Å². The van der Waals surface area contributed by atoms with E-state index in [2.05, 4.69) is 5.32 Å². The molecule has 2 rings (SSSR count). The van der Waals surface area contributed by atoms with Gasteiger partial charge in [0.1, 0.15) is 12.1 Å². The fourth-order valence-electron chi connectivity index (χ4n) is 2.96. The van der Waals surface area contributed by atoms with Gasteiger partial charge in [0.15, 0.2) is 0 Å². The highest BCUT2D eigenvalue weighted by molar-refractivity contribution is 7.88. The Bertz CT molecular complexity index is 505. The van der Waals surface area contributed by atoms with E-state index in [-0.39, 0.29) is 11.8 Å². The van der Waals surface area contributed by atoms with E-state index in [1.165, 1.54) is 9.21 Å². The number of carbonyl (C=O) groups is 2. The van der Waals surface area contributed by atoms with Crippen LogP contribution < -0.4 is 5.32 Å². The number of hydrogen-bond donors (Lipinski definition) is 1. The van der Waals surface area contributed by atoms with Crippen molar-refractivity contribution in [2.75, 3.05) is 25.9 Å². The van der Waals surface area contributed by atoms with Crippen molar-refractivity contribution in [3.8, 4) is 0 Å². The number of piperazine rings is 1. The third-order valence-electron chi connectivity index (χ3n) is 3.92. The highest BCUT2D eigenvalue weighted by atomic mass is 32.2. The largest absolute Gasteiger partial charge is 0.353 e. The van der Waals surface area contributed by atoms with Gasteiger partial charge in [-0.05, 0) is 19.3 Å². The summed E-state index contributed by atoms with van der Waals surface area (Å²) in [4.78, 5) is 25.9. The summed E-state index contributed by atoms with van der Waals surface area (Å²) in [6, 6.07) is -1.14. The number of nitrogens with zero attached hydrogens (tertiary/aromatic N) is 2. The summed E-state index contributed by atoms with van der Waals surface area (Å²) in [5.41, 5.74) is 0. The summed E-state index contributed by atoms with van der Waals surface area (Å²) in [5.74, 6) is -0.398. The SMILES string of the molecule is CCC1C(=O)NCCN1C(=O)C1CCCN1S(C)(=O)=O. The zero-order chi connectivity index (χ0) is 14.9. The zero-order valence-corrected chi connectivity index (χ0v) is 12.6. The molecular weight excluding hydrogens is 282 g/mol. The first-order valence-corrected chi connectivity index (χ1v) is 8.76. The third kappa shape index (κ3) is 2.80.